The van der Waals surface area contributed by atoms with E-state index in [1.54, 1.807) is 12.1 Å². The zero-order chi connectivity index (χ0) is 22.5. The molecule has 1 unspecified atom stereocenters. The zero-order valence-corrected chi connectivity index (χ0v) is 17.5. The fraction of sp³-hybridized carbons (Fsp3) is 0.381. The molecule has 2 aromatic rings. The average molecular weight is 454 g/mol. The number of alkyl halides is 3. The molecule has 0 spiro atoms. The number of aromatic nitrogens is 1. The third kappa shape index (κ3) is 4.19. The number of hydrogen-bond donors (Lipinski definition) is 0. The molecule has 1 aliphatic heterocycles. The van der Waals surface area contributed by atoms with E-state index < -0.39 is 29.8 Å². The predicted molar refractivity (Wildman–Crippen MR) is 108 cm³/mol. The number of ether oxygens (including phenoxy) is 1. The number of anilines is 2. The maximum Gasteiger partial charge on any atom is 0.416 e. The summed E-state index contributed by atoms with van der Waals surface area (Å²) in [6.45, 7) is 1.08. The highest BCUT2D eigenvalue weighted by atomic mass is 35.5. The summed E-state index contributed by atoms with van der Waals surface area (Å²) in [6.07, 6.45) is -3.40. The number of likely N-dealkylation sites (N-methyl/N-ethyl adjacent to an activating group) is 1. The van der Waals surface area contributed by atoms with Crippen LogP contribution in [0.2, 0.25) is 5.02 Å². The van der Waals surface area contributed by atoms with E-state index >= 15 is 0 Å². The Balaban J connectivity index is 1.63. The molecule has 1 aliphatic carbocycles. The summed E-state index contributed by atoms with van der Waals surface area (Å²) in [7, 11) is 1.51. The highest BCUT2D eigenvalue weighted by molar-refractivity contribution is 6.31. The molecule has 0 bridgehead atoms. The van der Waals surface area contributed by atoms with Crippen molar-refractivity contribution in [2.45, 2.75) is 37.9 Å². The van der Waals surface area contributed by atoms with Gasteiger partial charge in [0, 0.05) is 23.5 Å². The molecule has 2 amide bonds. The van der Waals surface area contributed by atoms with E-state index in [1.165, 1.54) is 18.9 Å². The number of nitrogens with zero attached hydrogens (tertiary/aromatic N) is 3. The molecule has 2 heterocycles. The first-order valence-electron chi connectivity index (χ1n) is 9.65. The van der Waals surface area contributed by atoms with Crippen molar-refractivity contribution in [2.24, 2.45) is 0 Å². The molecule has 6 nitrogen and oxygen atoms in total. The standard InChI is InChI=1S/C21H19ClF3N3O3/c1-11-7-13(21(23,24)25)8-18(26-11)28-17(10-31-20(28)30)19(29)27(2)14-5-6-15(12-3-4-12)16(22)9-14/h5-9,12,17H,3-4,10H2,1-2H3. The van der Waals surface area contributed by atoms with Crippen molar-refractivity contribution in [2.75, 3.05) is 23.5 Å². The molecular weight excluding hydrogens is 435 g/mol. The van der Waals surface area contributed by atoms with Crippen molar-refractivity contribution in [3.8, 4) is 0 Å². The Bertz CT molecular complexity index is 1060. The van der Waals surface area contributed by atoms with Crippen LogP contribution in [0.1, 0.15) is 35.6 Å². The lowest BCUT2D eigenvalue weighted by molar-refractivity contribution is -0.137. The molecule has 1 aromatic carbocycles. The molecule has 4 rings (SSSR count). The summed E-state index contributed by atoms with van der Waals surface area (Å²) in [6, 6.07) is 5.74. The molecule has 164 valence electrons. The summed E-state index contributed by atoms with van der Waals surface area (Å²) in [5.41, 5.74) is 0.631. The van der Waals surface area contributed by atoms with Crippen molar-refractivity contribution in [3.05, 3.63) is 52.2 Å². The molecule has 10 heteroatoms. The molecule has 31 heavy (non-hydrogen) atoms. The van der Waals surface area contributed by atoms with Crippen molar-refractivity contribution < 1.29 is 27.5 Å². The SMILES string of the molecule is Cc1cc(C(F)(F)F)cc(N2C(=O)OCC2C(=O)N(C)c2ccc(C3CC3)c(Cl)c2)n1. The van der Waals surface area contributed by atoms with Crippen LogP contribution in [0.15, 0.2) is 30.3 Å². The molecule has 1 saturated carbocycles. The van der Waals surface area contributed by atoms with Crippen LogP contribution in [0.25, 0.3) is 0 Å². The van der Waals surface area contributed by atoms with Gasteiger partial charge in [0.15, 0.2) is 6.04 Å². The van der Waals surface area contributed by atoms with Gasteiger partial charge in [-0.1, -0.05) is 17.7 Å². The van der Waals surface area contributed by atoms with Gasteiger partial charge in [-0.05, 0) is 55.5 Å². The van der Waals surface area contributed by atoms with Crippen LogP contribution in [0.4, 0.5) is 29.5 Å². The monoisotopic (exact) mass is 453 g/mol. The zero-order valence-electron chi connectivity index (χ0n) is 16.7. The van der Waals surface area contributed by atoms with Gasteiger partial charge < -0.3 is 9.64 Å². The maximum absolute atomic E-state index is 13.2. The largest absolute Gasteiger partial charge is 0.446 e. The first-order valence-corrected chi connectivity index (χ1v) is 10.0. The van der Waals surface area contributed by atoms with E-state index in [2.05, 4.69) is 4.98 Å². The Morgan fingerprint density at radius 1 is 1.26 bits per heavy atom. The van der Waals surface area contributed by atoms with Gasteiger partial charge in [-0.3, -0.25) is 4.79 Å². The Morgan fingerprint density at radius 3 is 2.58 bits per heavy atom. The van der Waals surface area contributed by atoms with E-state index in [1.807, 2.05) is 6.07 Å². The first kappa shape index (κ1) is 21.4. The minimum absolute atomic E-state index is 0.0616. The van der Waals surface area contributed by atoms with Crippen molar-refractivity contribution in [3.63, 3.8) is 0 Å². The van der Waals surface area contributed by atoms with E-state index in [0.717, 1.165) is 35.4 Å². The van der Waals surface area contributed by atoms with Gasteiger partial charge in [0.25, 0.3) is 5.91 Å². The van der Waals surface area contributed by atoms with E-state index in [0.29, 0.717) is 16.6 Å². The highest BCUT2D eigenvalue weighted by Gasteiger charge is 2.43. The predicted octanol–water partition coefficient (Wildman–Crippen LogP) is 4.93. The van der Waals surface area contributed by atoms with Gasteiger partial charge in [0.1, 0.15) is 12.4 Å². The summed E-state index contributed by atoms with van der Waals surface area (Å²) in [5.74, 6) is -0.379. The fourth-order valence-corrected chi connectivity index (χ4v) is 3.92. The number of amides is 2. The third-order valence-corrected chi connectivity index (χ3v) is 5.72. The number of rotatable bonds is 4. The Labute approximate surface area is 181 Å². The van der Waals surface area contributed by atoms with Crippen molar-refractivity contribution in [1.82, 2.24) is 4.98 Å². The number of carbonyl (C=O) groups is 2. The van der Waals surface area contributed by atoms with Crippen LogP contribution in [-0.4, -0.2) is 36.7 Å². The van der Waals surface area contributed by atoms with Crippen LogP contribution in [0, 0.1) is 6.92 Å². The summed E-state index contributed by atoms with van der Waals surface area (Å²) in [4.78, 5) is 31.6. The van der Waals surface area contributed by atoms with Crippen LogP contribution in [0.3, 0.4) is 0 Å². The Kier molecular flexibility index (Phi) is 5.33. The minimum Gasteiger partial charge on any atom is -0.446 e. The van der Waals surface area contributed by atoms with E-state index in [-0.39, 0.29) is 18.1 Å². The number of hydrogen-bond acceptors (Lipinski definition) is 4. The molecule has 0 radical (unpaired) electrons. The quantitative estimate of drug-likeness (QED) is 0.658. The van der Waals surface area contributed by atoms with Crippen LogP contribution < -0.4 is 9.80 Å². The van der Waals surface area contributed by atoms with Gasteiger partial charge in [0.2, 0.25) is 0 Å². The summed E-state index contributed by atoms with van der Waals surface area (Å²) in [5, 5.41) is 0.547. The fourth-order valence-electron chi connectivity index (χ4n) is 3.60. The molecule has 1 aromatic heterocycles. The second kappa shape index (κ2) is 7.71. The smallest absolute Gasteiger partial charge is 0.416 e. The van der Waals surface area contributed by atoms with Gasteiger partial charge in [-0.15, -0.1) is 0 Å². The van der Waals surface area contributed by atoms with Gasteiger partial charge >= 0.3 is 12.3 Å². The van der Waals surface area contributed by atoms with E-state index in [9.17, 15) is 22.8 Å². The van der Waals surface area contributed by atoms with Gasteiger partial charge in [0.05, 0.1) is 5.56 Å². The molecule has 2 aliphatic rings. The molecule has 1 atom stereocenters. The van der Waals surface area contributed by atoms with Crippen LogP contribution in [0.5, 0.6) is 0 Å². The number of aryl methyl sites for hydroxylation is 1. The summed E-state index contributed by atoms with van der Waals surface area (Å²) >= 11 is 6.35. The van der Waals surface area contributed by atoms with Gasteiger partial charge in [-0.25, -0.2) is 14.7 Å². The van der Waals surface area contributed by atoms with Crippen LogP contribution >= 0.6 is 11.6 Å². The molecular formula is C21H19ClF3N3O3. The lowest BCUT2D eigenvalue weighted by atomic mass is 10.1. The Hall–Kier alpha value is -2.81. The molecule has 2 fully saturated rings. The second-order valence-electron chi connectivity index (χ2n) is 7.69. The number of carbonyl (C=O) groups excluding carboxylic acids is 2. The normalized spacial score (nSPS) is 18.8. The topological polar surface area (TPSA) is 62.7 Å². The van der Waals surface area contributed by atoms with Crippen molar-refractivity contribution >= 4 is 35.1 Å². The Morgan fingerprint density at radius 2 is 1.97 bits per heavy atom. The number of benzene rings is 1. The highest BCUT2D eigenvalue weighted by Crippen LogP contribution is 2.44. The summed E-state index contributed by atoms with van der Waals surface area (Å²) < 4.78 is 44.6. The lowest BCUT2D eigenvalue weighted by Crippen LogP contribution is -2.47. The lowest BCUT2D eigenvalue weighted by Gasteiger charge is -2.26. The van der Waals surface area contributed by atoms with Crippen molar-refractivity contribution in [1.29, 1.82) is 0 Å². The third-order valence-electron chi connectivity index (χ3n) is 5.39. The first-order chi connectivity index (χ1) is 14.6. The van der Waals surface area contributed by atoms with Crippen LogP contribution in [-0.2, 0) is 15.7 Å². The van der Waals surface area contributed by atoms with Gasteiger partial charge in [-0.2, -0.15) is 13.2 Å². The average Bonchev–Trinajstić information content (AvgIpc) is 3.46. The number of pyridine rings is 1. The van der Waals surface area contributed by atoms with E-state index in [4.69, 9.17) is 16.3 Å². The molecule has 0 N–H and O–H groups in total. The maximum atomic E-state index is 13.2. The second-order valence-corrected chi connectivity index (χ2v) is 8.10. The number of halogens is 4. The minimum atomic E-state index is -4.62. The number of cyclic esters (lactones) is 1. The molecule has 1 saturated heterocycles.